The number of rotatable bonds is 5. The number of nitrogens with two attached hydrogens (primary N) is 1. The maximum absolute atomic E-state index is 5.81. The highest BCUT2D eigenvalue weighted by atomic mass is 16.5. The Labute approximate surface area is 107 Å². The number of para-hydroxylation sites is 1. The highest BCUT2D eigenvalue weighted by Gasteiger charge is 2.05. The van der Waals surface area contributed by atoms with E-state index in [-0.39, 0.29) is 0 Å². The second-order valence-electron chi connectivity index (χ2n) is 3.96. The van der Waals surface area contributed by atoms with Crippen LogP contribution in [0.15, 0.2) is 48.5 Å². The van der Waals surface area contributed by atoms with Crippen LogP contribution < -0.4 is 10.5 Å². The maximum atomic E-state index is 5.81. The molecule has 0 fully saturated rings. The van der Waals surface area contributed by atoms with E-state index in [0.29, 0.717) is 13.2 Å². The van der Waals surface area contributed by atoms with Gasteiger partial charge in [-0.1, -0.05) is 30.3 Å². The number of ether oxygens (including phenoxy) is 2. The topological polar surface area (TPSA) is 44.5 Å². The number of nitrogen functional groups attached to an aromatic ring is 1. The highest BCUT2D eigenvalue weighted by Crippen LogP contribution is 2.30. The molecule has 0 saturated carbocycles. The standard InChI is InChI=1S/C15H17NO2/c1-17-9-10-18-15-8-3-2-7-14(15)12-5-4-6-13(16)11-12/h2-8,11H,9-10,16H2,1H3. The van der Waals surface area contributed by atoms with Crippen LogP contribution in [-0.2, 0) is 4.74 Å². The Morgan fingerprint density at radius 1 is 1.00 bits per heavy atom. The van der Waals surface area contributed by atoms with Gasteiger partial charge in [0.15, 0.2) is 0 Å². The summed E-state index contributed by atoms with van der Waals surface area (Å²) in [5.41, 5.74) is 8.66. The van der Waals surface area contributed by atoms with Crippen LogP contribution in [0.1, 0.15) is 0 Å². The van der Waals surface area contributed by atoms with E-state index in [1.165, 1.54) is 0 Å². The van der Waals surface area contributed by atoms with Crippen molar-refractivity contribution in [2.45, 2.75) is 0 Å². The van der Waals surface area contributed by atoms with Gasteiger partial charge < -0.3 is 15.2 Å². The van der Waals surface area contributed by atoms with Crippen LogP contribution in [0.3, 0.4) is 0 Å². The Morgan fingerprint density at radius 2 is 1.83 bits per heavy atom. The molecule has 0 spiro atoms. The zero-order valence-electron chi connectivity index (χ0n) is 10.4. The molecule has 0 radical (unpaired) electrons. The molecule has 3 heteroatoms. The summed E-state index contributed by atoms with van der Waals surface area (Å²) >= 11 is 0. The van der Waals surface area contributed by atoms with Gasteiger partial charge in [0.2, 0.25) is 0 Å². The monoisotopic (exact) mass is 243 g/mol. The summed E-state index contributed by atoms with van der Waals surface area (Å²) < 4.78 is 10.7. The van der Waals surface area contributed by atoms with Crippen molar-refractivity contribution in [3.63, 3.8) is 0 Å². The van der Waals surface area contributed by atoms with Crippen LogP contribution in [0.4, 0.5) is 5.69 Å². The van der Waals surface area contributed by atoms with Crippen molar-refractivity contribution in [1.29, 1.82) is 0 Å². The molecule has 18 heavy (non-hydrogen) atoms. The molecule has 0 aromatic heterocycles. The number of methoxy groups -OCH3 is 1. The lowest BCUT2D eigenvalue weighted by molar-refractivity contribution is 0.146. The summed E-state index contributed by atoms with van der Waals surface area (Å²) in [6, 6.07) is 15.7. The first-order valence-electron chi connectivity index (χ1n) is 5.88. The molecule has 2 N–H and O–H groups in total. The Hall–Kier alpha value is -2.00. The molecule has 2 aromatic rings. The van der Waals surface area contributed by atoms with Gasteiger partial charge in [0.05, 0.1) is 6.61 Å². The molecular formula is C15H17NO2. The lowest BCUT2D eigenvalue weighted by Crippen LogP contribution is -2.05. The number of hydrogen-bond donors (Lipinski definition) is 1. The van der Waals surface area contributed by atoms with Crippen LogP contribution in [-0.4, -0.2) is 20.3 Å². The molecular weight excluding hydrogens is 226 g/mol. The fourth-order valence-corrected chi connectivity index (χ4v) is 1.77. The van der Waals surface area contributed by atoms with E-state index in [9.17, 15) is 0 Å². The number of hydrogen-bond acceptors (Lipinski definition) is 3. The van der Waals surface area contributed by atoms with E-state index in [1.54, 1.807) is 7.11 Å². The molecule has 94 valence electrons. The van der Waals surface area contributed by atoms with Crippen LogP contribution in [0, 0.1) is 0 Å². The van der Waals surface area contributed by atoms with Crippen molar-refractivity contribution in [2.24, 2.45) is 0 Å². The van der Waals surface area contributed by atoms with Crippen molar-refractivity contribution in [3.05, 3.63) is 48.5 Å². The first kappa shape index (κ1) is 12.5. The molecule has 0 atom stereocenters. The van der Waals surface area contributed by atoms with Gasteiger partial charge in [-0.3, -0.25) is 0 Å². The fourth-order valence-electron chi connectivity index (χ4n) is 1.77. The smallest absolute Gasteiger partial charge is 0.127 e. The summed E-state index contributed by atoms with van der Waals surface area (Å²) in [7, 11) is 1.66. The molecule has 0 saturated heterocycles. The van der Waals surface area contributed by atoms with E-state index in [1.807, 2.05) is 48.5 Å². The third kappa shape index (κ3) is 3.02. The minimum absolute atomic E-state index is 0.538. The molecule has 3 nitrogen and oxygen atoms in total. The second kappa shape index (κ2) is 6.07. The Morgan fingerprint density at radius 3 is 2.61 bits per heavy atom. The minimum atomic E-state index is 0.538. The SMILES string of the molecule is COCCOc1ccccc1-c1cccc(N)c1. The van der Waals surface area contributed by atoms with Gasteiger partial charge >= 0.3 is 0 Å². The molecule has 0 aliphatic carbocycles. The van der Waals surface area contributed by atoms with Crippen LogP contribution >= 0.6 is 0 Å². The van der Waals surface area contributed by atoms with Crippen molar-refractivity contribution in [2.75, 3.05) is 26.1 Å². The number of benzene rings is 2. The summed E-state index contributed by atoms with van der Waals surface area (Å²) in [5.74, 6) is 0.847. The van der Waals surface area contributed by atoms with Gasteiger partial charge in [-0.15, -0.1) is 0 Å². The Kier molecular flexibility index (Phi) is 4.20. The molecule has 2 aromatic carbocycles. The fraction of sp³-hybridized carbons (Fsp3) is 0.200. The first-order valence-corrected chi connectivity index (χ1v) is 5.88. The summed E-state index contributed by atoms with van der Waals surface area (Å²) in [6.07, 6.45) is 0. The molecule has 0 aliphatic heterocycles. The molecule has 0 aliphatic rings. The van der Waals surface area contributed by atoms with E-state index in [4.69, 9.17) is 15.2 Å². The molecule has 0 unspecified atom stereocenters. The van der Waals surface area contributed by atoms with Gasteiger partial charge in [0.1, 0.15) is 12.4 Å². The van der Waals surface area contributed by atoms with Gasteiger partial charge in [0.25, 0.3) is 0 Å². The average molecular weight is 243 g/mol. The van der Waals surface area contributed by atoms with Crippen molar-refractivity contribution in [1.82, 2.24) is 0 Å². The normalized spacial score (nSPS) is 10.3. The maximum Gasteiger partial charge on any atom is 0.127 e. The van der Waals surface area contributed by atoms with Gasteiger partial charge in [-0.2, -0.15) is 0 Å². The summed E-state index contributed by atoms with van der Waals surface area (Å²) in [6.45, 7) is 1.11. The van der Waals surface area contributed by atoms with E-state index >= 15 is 0 Å². The predicted octanol–water partition coefficient (Wildman–Crippen LogP) is 2.96. The van der Waals surface area contributed by atoms with Crippen molar-refractivity contribution < 1.29 is 9.47 Å². The zero-order valence-corrected chi connectivity index (χ0v) is 10.4. The summed E-state index contributed by atoms with van der Waals surface area (Å²) in [4.78, 5) is 0. The average Bonchev–Trinajstić information content (AvgIpc) is 2.40. The third-order valence-electron chi connectivity index (χ3n) is 2.63. The van der Waals surface area contributed by atoms with Gasteiger partial charge in [0, 0.05) is 18.4 Å². The Bertz CT molecular complexity index is 511. The predicted molar refractivity (Wildman–Crippen MR) is 73.7 cm³/mol. The second-order valence-corrected chi connectivity index (χ2v) is 3.96. The zero-order chi connectivity index (χ0) is 12.8. The first-order chi connectivity index (χ1) is 8.81. The lowest BCUT2D eigenvalue weighted by atomic mass is 10.0. The molecule has 0 amide bonds. The van der Waals surface area contributed by atoms with Gasteiger partial charge in [-0.25, -0.2) is 0 Å². The largest absolute Gasteiger partial charge is 0.491 e. The van der Waals surface area contributed by atoms with Crippen LogP contribution in [0.5, 0.6) is 5.75 Å². The van der Waals surface area contributed by atoms with Crippen LogP contribution in [0.2, 0.25) is 0 Å². The molecule has 0 heterocycles. The molecule has 2 rings (SSSR count). The highest BCUT2D eigenvalue weighted by molar-refractivity contribution is 5.72. The van der Waals surface area contributed by atoms with E-state index in [2.05, 4.69) is 0 Å². The van der Waals surface area contributed by atoms with E-state index in [0.717, 1.165) is 22.6 Å². The Balaban J connectivity index is 2.27. The number of anilines is 1. The van der Waals surface area contributed by atoms with Crippen molar-refractivity contribution >= 4 is 5.69 Å². The van der Waals surface area contributed by atoms with Crippen molar-refractivity contribution in [3.8, 4) is 16.9 Å². The minimum Gasteiger partial charge on any atom is -0.491 e. The third-order valence-corrected chi connectivity index (χ3v) is 2.63. The van der Waals surface area contributed by atoms with E-state index < -0.39 is 0 Å². The van der Waals surface area contributed by atoms with Crippen LogP contribution in [0.25, 0.3) is 11.1 Å². The lowest BCUT2D eigenvalue weighted by Gasteiger charge is -2.11. The van der Waals surface area contributed by atoms with Gasteiger partial charge in [-0.05, 0) is 23.8 Å². The quantitative estimate of drug-likeness (QED) is 0.648. The molecule has 0 bridgehead atoms. The summed E-state index contributed by atoms with van der Waals surface area (Å²) in [5, 5.41) is 0.